The van der Waals surface area contributed by atoms with Gasteiger partial charge in [0.1, 0.15) is 0 Å². The van der Waals surface area contributed by atoms with Crippen LogP contribution in [0.2, 0.25) is 0 Å². The highest BCUT2D eigenvalue weighted by Crippen LogP contribution is 2.25. The van der Waals surface area contributed by atoms with E-state index in [4.69, 9.17) is 4.74 Å². The minimum atomic E-state index is 0.349. The van der Waals surface area contributed by atoms with E-state index in [-0.39, 0.29) is 0 Å². The van der Waals surface area contributed by atoms with Gasteiger partial charge in [-0.3, -0.25) is 4.98 Å². The van der Waals surface area contributed by atoms with Crippen molar-refractivity contribution in [3.63, 3.8) is 0 Å². The van der Waals surface area contributed by atoms with Gasteiger partial charge in [0, 0.05) is 31.6 Å². The number of ether oxygens (including phenoxy) is 1. The maximum absolute atomic E-state index is 5.36. The number of methoxy groups -OCH3 is 1. The van der Waals surface area contributed by atoms with Crippen molar-refractivity contribution in [1.82, 2.24) is 10.3 Å². The average Bonchev–Trinajstić information content (AvgIpc) is 2.26. The van der Waals surface area contributed by atoms with E-state index in [0.717, 1.165) is 0 Å². The van der Waals surface area contributed by atoms with E-state index in [1.807, 2.05) is 12.3 Å². The molecule has 3 heteroatoms. The summed E-state index contributed by atoms with van der Waals surface area (Å²) in [5.74, 6) is 0. The number of hydrogen-bond acceptors (Lipinski definition) is 3. The van der Waals surface area contributed by atoms with Crippen LogP contribution in [0.3, 0.4) is 0 Å². The van der Waals surface area contributed by atoms with E-state index in [1.54, 1.807) is 13.3 Å². The molecule has 1 aliphatic rings. The molecule has 1 fully saturated rings. The minimum Gasteiger partial charge on any atom is -0.380 e. The standard InChI is InChI=1S/C12H18N2O/c1-9(10-4-3-7-13-8-10)14-11-5-6-12(11)15-2/h3-4,7-9,11-12,14H,5-6H2,1-2H3/t9-,11-,12+/m0/s1. The Morgan fingerprint density at radius 2 is 2.40 bits per heavy atom. The Kier molecular flexibility index (Phi) is 3.34. The molecule has 1 saturated carbocycles. The van der Waals surface area contributed by atoms with Crippen molar-refractivity contribution in [2.45, 2.75) is 38.0 Å². The lowest BCUT2D eigenvalue weighted by Crippen LogP contribution is -2.49. The summed E-state index contributed by atoms with van der Waals surface area (Å²) in [4.78, 5) is 4.12. The first-order valence-electron chi connectivity index (χ1n) is 5.50. The number of aromatic nitrogens is 1. The Hall–Kier alpha value is -0.930. The van der Waals surface area contributed by atoms with Gasteiger partial charge in [0.15, 0.2) is 0 Å². The molecule has 1 aliphatic carbocycles. The Bertz CT molecular complexity index is 300. The molecule has 2 rings (SSSR count). The molecule has 0 bridgehead atoms. The maximum Gasteiger partial charge on any atom is 0.0725 e. The molecule has 1 aromatic rings. The van der Waals surface area contributed by atoms with Gasteiger partial charge in [-0.1, -0.05) is 6.07 Å². The molecular formula is C12H18N2O. The van der Waals surface area contributed by atoms with Gasteiger partial charge in [-0.2, -0.15) is 0 Å². The van der Waals surface area contributed by atoms with E-state index < -0.39 is 0 Å². The Labute approximate surface area is 90.9 Å². The van der Waals surface area contributed by atoms with Gasteiger partial charge in [0.2, 0.25) is 0 Å². The van der Waals surface area contributed by atoms with Crippen molar-refractivity contribution in [1.29, 1.82) is 0 Å². The van der Waals surface area contributed by atoms with Gasteiger partial charge in [-0.15, -0.1) is 0 Å². The highest BCUT2D eigenvalue weighted by molar-refractivity contribution is 5.13. The highest BCUT2D eigenvalue weighted by atomic mass is 16.5. The Morgan fingerprint density at radius 1 is 1.53 bits per heavy atom. The minimum absolute atomic E-state index is 0.349. The summed E-state index contributed by atoms with van der Waals surface area (Å²) in [6.07, 6.45) is 6.50. The topological polar surface area (TPSA) is 34.1 Å². The molecular weight excluding hydrogens is 188 g/mol. The third-order valence-electron chi connectivity index (χ3n) is 3.16. The zero-order valence-corrected chi connectivity index (χ0v) is 9.31. The SMILES string of the molecule is CO[C@@H]1CC[C@@H]1N[C@@H](C)c1cccnc1. The van der Waals surface area contributed by atoms with Crippen molar-refractivity contribution in [3.8, 4) is 0 Å². The van der Waals surface area contributed by atoms with Crippen LogP contribution in [0.4, 0.5) is 0 Å². The van der Waals surface area contributed by atoms with E-state index >= 15 is 0 Å². The van der Waals surface area contributed by atoms with Gasteiger partial charge in [0.25, 0.3) is 0 Å². The van der Waals surface area contributed by atoms with Gasteiger partial charge >= 0.3 is 0 Å². The van der Waals surface area contributed by atoms with Crippen molar-refractivity contribution in [2.24, 2.45) is 0 Å². The van der Waals surface area contributed by atoms with Gasteiger partial charge in [-0.05, 0) is 31.4 Å². The predicted octanol–water partition coefficient (Wildman–Crippen LogP) is 1.91. The second kappa shape index (κ2) is 4.73. The van der Waals surface area contributed by atoms with Crippen LogP contribution in [0.1, 0.15) is 31.4 Å². The lowest BCUT2D eigenvalue weighted by Gasteiger charge is -2.38. The molecule has 0 spiro atoms. The van der Waals surface area contributed by atoms with Crippen LogP contribution in [0.5, 0.6) is 0 Å². The summed E-state index contributed by atoms with van der Waals surface area (Å²) in [6.45, 7) is 2.17. The average molecular weight is 206 g/mol. The zero-order valence-electron chi connectivity index (χ0n) is 9.31. The number of hydrogen-bond donors (Lipinski definition) is 1. The van der Waals surface area contributed by atoms with Crippen molar-refractivity contribution in [3.05, 3.63) is 30.1 Å². The maximum atomic E-state index is 5.36. The smallest absolute Gasteiger partial charge is 0.0725 e. The molecule has 1 N–H and O–H groups in total. The van der Waals surface area contributed by atoms with E-state index in [1.165, 1.54) is 18.4 Å². The first kappa shape index (κ1) is 10.6. The van der Waals surface area contributed by atoms with Crippen molar-refractivity contribution >= 4 is 0 Å². The largest absolute Gasteiger partial charge is 0.380 e. The summed E-state index contributed by atoms with van der Waals surface area (Å²) in [6, 6.07) is 4.93. The van der Waals surface area contributed by atoms with Crippen LogP contribution in [0, 0.1) is 0 Å². The summed E-state index contributed by atoms with van der Waals surface area (Å²) in [7, 11) is 1.78. The van der Waals surface area contributed by atoms with Crippen molar-refractivity contribution in [2.75, 3.05) is 7.11 Å². The number of pyridine rings is 1. The molecule has 3 atom stereocenters. The summed E-state index contributed by atoms with van der Waals surface area (Å²) >= 11 is 0. The fraction of sp³-hybridized carbons (Fsp3) is 0.583. The van der Waals surface area contributed by atoms with Crippen LogP contribution >= 0.6 is 0 Å². The summed E-state index contributed by atoms with van der Waals surface area (Å²) in [5, 5.41) is 3.57. The molecule has 0 amide bonds. The quantitative estimate of drug-likeness (QED) is 0.817. The Balaban J connectivity index is 1.90. The highest BCUT2D eigenvalue weighted by Gasteiger charge is 2.31. The fourth-order valence-electron chi connectivity index (χ4n) is 1.99. The molecule has 82 valence electrons. The van der Waals surface area contributed by atoms with Gasteiger partial charge in [-0.25, -0.2) is 0 Å². The summed E-state index contributed by atoms with van der Waals surface area (Å²) in [5.41, 5.74) is 1.24. The molecule has 1 aromatic heterocycles. The van der Waals surface area contributed by atoms with Gasteiger partial charge < -0.3 is 10.1 Å². The number of nitrogens with zero attached hydrogens (tertiary/aromatic N) is 1. The normalized spacial score (nSPS) is 27.1. The lowest BCUT2D eigenvalue weighted by atomic mass is 9.88. The first-order valence-corrected chi connectivity index (χ1v) is 5.50. The molecule has 0 saturated heterocycles. The van der Waals surface area contributed by atoms with Crippen LogP contribution in [0.25, 0.3) is 0 Å². The van der Waals surface area contributed by atoms with Crippen molar-refractivity contribution < 1.29 is 4.74 Å². The van der Waals surface area contributed by atoms with E-state index in [0.29, 0.717) is 18.2 Å². The fourth-order valence-corrected chi connectivity index (χ4v) is 1.99. The molecule has 3 nitrogen and oxygen atoms in total. The number of rotatable bonds is 4. The third kappa shape index (κ3) is 2.36. The zero-order chi connectivity index (χ0) is 10.7. The molecule has 0 aliphatic heterocycles. The van der Waals surface area contributed by atoms with E-state index in [2.05, 4.69) is 23.3 Å². The lowest BCUT2D eigenvalue weighted by molar-refractivity contribution is 0.00289. The molecule has 15 heavy (non-hydrogen) atoms. The predicted molar refractivity (Wildman–Crippen MR) is 59.6 cm³/mol. The molecule has 0 radical (unpaired) electrons. The monoisotopic (exact) mass is 206 g/mol. The van der Waals surface area contributed by atoms with Crippen LogP contribution in [-0.4, -0.2) is 24.2 Å². The van der Waals surface area contributed by atoms with Crippen LogP contribution < -0.4 is 5.32 Å². The van der Waals surface area contributed by atoms with Crippen LogP contribution in [-0.2, 0) is 4.74 Å². The van der Waals surface area contributed by atoms with Gasteiger partial charge in [0.05, 0.1) is 6.10 Å². The van der Waals surface area contributed by atoms with Crippen LogP contribution in [0.15, 0.2) is 24.5 Å². The molecule has 0 aromatic carbocycles. The second-order valence-corrected chi connectivity index (χ2v) is 4.13. The third-order valence-corrected chi connectivity index (χ3v) is 3.16. The second-order valence-electron chi connectivity index (χ2n) is 4.13. The summed E-state index contributed by atoms with van der Waals surface area (Å²) < 4.78 is 5.36. The molecule has 1 heterocycles. The number of nitrogens with one attached hydrogen (secondary N) is 1. The van der Waals surface area contributed by atoms with E-state index in [9.17, 15) is 0 Å². The Morgan fingerprint density at radius 3 is 2.93 bits per heavy atom. The molecule has 0 unspecified atom stereocenters. The first-order chi connectivity index (χ1) is 7.31.